The lowest BCUT2D eigenvalue weighted by Crippen LogP contribution is -1.81. The lowest BCUT2D eigenvalue weighted by molar-refractivity contribution is 0.462. The van der Waals surface area contributed by atoms with Crippen molar-refractivity contribution in [3.05, 3.63) is 48.0 Å². The number of phenols is 1. The number of rotatable bonds is 2. The van der Waals surface area contributed by atoms with Crippen LogP contribution in [0.4, 0.5) is 0 Å². The van der Waals surface area contributed by atoms with Crippen LogP contribution in [0.25, 0.3) is 11.1 Å². The molecular formula is C14H11NOS. The first-order valence-corrected chi connectivity index (χ1v) is 6.34. The molecule has 2 nitrogen and oxygen atoms in total. The quantitative estimate of drug-likeness (QED) is 0.816. The molecule has 0 bridgehead atoms. The van der Waals surface area contributed by atoms with E-state index in [1.54, 1.807) is 18.2 Å². The molecule has 0 atom stereocenters. The number of hydrogen-bond donors (Lipinski definition) is 1. The van der Waals surface area contributed by atoms with Crippen molar-refractivity contribution in [3.8, 4) is 22.9 Å². The Bertz CT molecular complexity index is 570. The Morgan fingerprint density at radius 3 is 2.29 bits per heavy atom. The molecule has 0 fully saturated rings. The molecule has 0 amide bonds. The number of nitrogens with zero attached hydrogens (tertiary/aromatic N) is 1. The van der Waals surface area contributed by atoms with Crippen LogP contribution in [-0.2, 0) is 0 Å². The third kappa shape index (κ3) is 2.43. The van der Waals surface area contributed by atoms with E-state index >= 15 is 0 Å². The van der Waals surface area contributed by atoms with Gasteiger partial charge < -0.3 is 5.11 Å². The van der Waals surface area contributed by atoms with E-state index in [4.69, 9.17) is 5.26 Å². The van der Waals surface area contributed by atoms with Crippen molar-refractivity contribution in [1.29, 1.82) is 5.26 Å². The molecule has 0 radical (unpaired) electrons. The van der Waals surface area contributed by atoms with E-state index in [2.05, 4.69) is 6.07 Å². The molecule has 0 heterocycles. The molecule has 0 aliphatic rings. The van der Waals surface area contributed by atoms with Gasteiger partial charge in [0.25, 0.3) is 0 Å². The fourth-order valence-corrected chi connectivity index (χ4v) is 2.12. The predicted molar refractivity (Wildman–Crippen MR) is 70.0 cm³/mol. The fourth-order valence-electron chi connectivity index (χ4n) is 1.59. The SMILES string of the molecule is CSc1cc(-c2ccc(C#N)cc2)ccc1O. The minimum atomic E-state index is 0.301. The van der Waals surface area contributed by atoms with E-state index in [0.717, 1.165) is 16.0 Å². The molecule has 0 saturated heterocycles. The number of hydrogen-bond acceptors (Lipinski definition) is 3. The largest absolute Gasteiger partial charge is 0.507 e. The maximum absolute atomic E-state index is 9.60. The standard InChI is InChI=1S/C14H11NOS/c1-17-14-8-12(6-7-13(14)16)11-4-2-10(9-15)3-5-11/h2-8,16H,1H3. The molecule has 2 aromatic rings. The number of benzene rings is 2. The average Bonchev–Trinajstić information content (AvgIpc) is 2.39. The highest BCUT2D eigenvalue weighted by Crippen LogP contribution is 2.31. The molecule has 0 aliphatic carbocycles. The topological polar surface area (TPSA) is 44.0 Å². The number of phenolic OH excluding ortho intramolecular Hbond substituents is 1. The van der Waals surface area contributed by atoms with Crippen LogP contribution in [0.3, 0.4) is 0 Å². The molecule has 0 saturated carbocycles. The van der Waals surface area contributed by atoms with Crippen molar-refractivity contribution in [1.82, 2.24) is 0 Å². The van der Waals surface area contributed by atoms with Crippen molar-refractivity contribution < 1.29 is 5.11 Å². The van der Waals surface area contributed by atoms with E-state index in [1.807, 2.05) is 30.5 Å². The van der Waals surface area contributed by atoms with Crippen LogP contribution in [-0.4, -0.2) is 11.4 Å². The van der Waals surface area contributed by atoms with Crippen molar-refractivity contribution in [2.45, 2.75) is 4.90 Å². The van der Waals surface area contributed by atoms with Crippen LogP contribution < -0.4 is 0 Å². The van der Waals surface area contributed by atoms with Crippen LogP contribution in [0, 0.1) is 11.3 Å². The summed E-state index contributed by atoms with van der Waals surface area (Å²) in [6.45, 7) is 0. The molecular weight excluding hydrogens is 230 g/mol. The van der Waals surface area contributed by atoms with Gasteiger partial charge in [-0.05, 0) is 41.6 Å². The zero-order valence-corrected chi connectivity index (χ0v) is 10.2. The Labute approximate surface area is 105 Å². The second-order valence-electron chi connectivity index (χ2n) is 3.58. The van der Waals surface area contributed by atoms with Crippen LogP contribution in [0.2, 0.25) is 0 Å². The number of thioether (sulfide) groups is 1. The second kappa shape index (κ2) is 4.94. The predicted octanol–water partition coefficient (Wildman–Crippen LogP) is 3.65. The van der Waals surface area contributed by atoms with E-state index in [-0.39, 0.29) is 0 Å². The van der Waals surface area contributed by atoms with Gasteiger partial charge in [-0.2, -0.15) is 5.26 Å². The molecule has 0 unspecified atom stereocenters. The van der Waals surface area contributed by atoms with Crippen molar-refractivity contribution >= 4 is 11.8 Å². The van der Waals surface area contributed by atoms with Gasteiger partial charge in [0.15, 0.2) is 0 Å². The minimum absolute atomic E-state index is 0.301. The normalized spacial score (nSPS) is 9.88. The summed E-state index contributed by atoms with van der Waals surface area (Å²) in [4.78, 5) is 0.854. The van der Waals surface area contributed by atoms with E-state index in [0.29, 0.717) is 11.3 Å². The lowest BCUT2D eigenvalue weighted by Gasteiger charge is -2.06. The molecule has 2 rings (SSSR count). The highest BCUT2D eigenvalue weighted by atomic mass is 32.2. The van der Waals surface area contributed by atoms with Gasteiger partial charge in [-0.3, -0.25) is 0 Å². The van der Waals surface area contributed by atoms with E-state index in [1.165, 1.54) is 11.8 Å². The van der Waals surface area contributed by atoms with Crippen LogP contribution in [0.15, 0.2) is 47.4 Å². The van der Waals surface area contributed by atoms with Gasteiger partial charge >= 0.3 is 0 Å². The molecule has 2 aromatic carbocycles. The van der Waals surface area contributed by atoms with Gasteiger partial charge in [-0.15, -0.1) is 11.8 Å². The smallest absolute Gasteiger partial charge is 0.129 e. The first kappa shape index (κ1) is 11.6. The summed E-state index contributed by atoms with van der Waals surface area (Å²) in [6.07, 6.45) is 1.93. The Morgan fingerprint density at radius 2 is 1.71 bits per heavy atom. The fraction of sp³-hybridized carbons (Fsp3) is 0.0714. The minimum Gasteiger partial charge on any atom is -0.507 e. The highest BCUT2D eigenvalue weighted by Gasteiger charge is 2.03. The van der Waals surface area contributed by atoms with E-state index in [9.17, 15) is 5.11 Å². The summed E-state index contributed by atoms with van der Waals surface area (Å²) < 4.78 is 0. The van der Waals surface area contributed by atoms with Gasteiger partial charge in [0.1, 0.15) is 5.75 Å². The summed E-state index contributed by atoms with van der Waals surface area (Å²) in [6, 6.07) is 15.0. The van der Waals surface area contributed by atoms with Gasteiger partial charge in [0, 0.05) is 4.90 Å². The molecule has 0 aromatic heterocycles. The summed E-state index contributed by atoms with van der Waals surface area (Å²) >= 11 is 1.51. The maximum Gasteiger partial charge on any atom is 0.129 e. The van der Waals surface area contributed by atoms with Gasteiger partial charge in [-0.25, -0.2) is 0 Å². The monoisotopic (exact) mass is 241 g/mol. The van der Waals surface area contributed by atoms with Gasteiger partial charge in [0.05, 0.1) is 11.6 Å². The maximum atomic E-state index is 9.60. The Kier molecular flexibility index (Phi) is 3.36. The molecule has 0 aliphatic heterocycles. The second-order valence-corrected chi connectivity index (χ2v) is 4.42. The third-order valence-electron chi connectivity index (χ3n) is 2.53. The van der Waals surface area contributed by atoms with Crippen LogP contribution in [0.5, 0.6) is 5.75 Å². The summed E-state index contributed by atoms with van der Waals surface area (Å²) in [7, 11) is 0. The van der Waals surface area contributed by atoms with Gasteiger partial charge in [0.2, 0.25) is 0 Å². The van der Waals surface area contributed by atoms with Gasteiger partial charge in [-0.1, -0.05) is 18.2 Å². The molecule has 3 heteroatoms. The first-order valence-electron chi connectivity index (χ1n) is 5.12. The average molecular weight is 241 g/mol. The summed E-state index contributed by atoms with van der Waals surface area (Å²) in [5.74, 6) is 0.301. The van der Waals surface area contributed by atoms with Crippen molar-refractivity contribution in [2.75, 3.05) is 6.26 Å². The van der Waals surface area contributed by atoms with Crippen molar-refractivity contribution in [3.63, 3.8) is 0 Å². The highest BCUT2D eigenvalue weighted by molar-refractivity contribution is 7.98. The summed E-state index contributed by atoms with van der Waals surface area (Å²) in [5, 5.41) is 18.3. The molecule has 1 N–H and O–H groups in total. The van der Waals surface area contributed by atoms with Crippen molar-refractivity contribution in [2.24, 2.45) is 0 Å². The first-order chi connectivity index (χ1) is 8.24. The van der Waals surface area contributed by atoms with E-state index < -0.39 is 0 Å². The lowest BCUT2D eigenvalue weighted by atomic mass is 10.0. The zero-order chi connectivity index (χ0) is 12.3. The van der Waals surface area contributed by atoms with Crippen LogP contribution >= 0.6 is 11.8 Å². The summed E-state index contributed by atoms with van der Waals surface area (Å²) in [5.41, 5.74) is 2.73. The Morgan fingerprint density at radius 1 is 1.06 bits per heavy atom. The van der Waals surface area contributed by atoms with Crippen LogP contribution in [0.1, 0.15) is 5.56 Å². The zero-order valence-electron chi connectivity index (χ0n) is 9.34. The number of nitriles is 1. The third-order valence-corrected chi connectivity index (χ3v) is 3.29. The molecule has 17 heavy (non-hydrogen) atoms. The molecule has 0 spiro atoms. The Hall–Kier alpha value is -1.92. The number of aromatic hydroxyl groups is 1. The Balaban J connectivity index is 2.42. The molecule has 84 valence electrons.